The molecule has 0 saturated carbocycles. The average Bonchev–Trinajstić information content (AvgIpc) is 2.95. The first-order valence-electron chi connectivity index (χ1n) is 8.21. The molecule has 0 aliphatic carbocycles. The van der Waals surface area contributed by atoms with Gasteiger partial charge >= 0.3 is 0 Å². The van der Waals surface area contributed by atoms with Crippen molar-refractivity contribution < 1.29 is 22.7 Å². The van der Waals surface area contributed by atoms with Crippen LogP contribution in [0.1, 0.15) is 12.5 Å². The Kier molecular flexibility index (Phi) is 5.21. The van der Waals surface area contributed by atoms with Gasteiger partial charge in [-0.25, -0.2) is 13.6 Å². The van der Waals surface area contributed by atoms with Gasteiger partial charge in [0.2, 0.25) is 10.0 Å². The second-order valence-corrected chi connectivity index (χ2v) is 7.58. The molecule has 0 bridgehead atoms. The lowest BCUT2D eigenvalue weighted by Crippen LogP contribution is -2.21. The molecule has 0 saturated heterocycles. The van der Waals surface area contributed by atoms with Crippen LogP contribution in [-0.2, 0) is 14.8 Å². The molecule has 0 unspecified atom stereocenters. The highest BCUT2D eigenvalue weighted by Gasteiger charge is 2.29. The fraction of sp³-hybridized carbons (Fsp3) is 0.158. The lowest BCUT2D eigenvalue weighted by Gasteiger charge is -2.12. The van der Waals surface area contributed by atoms with E-state index in [0.717, 1.165) is 5.56 Å². The van der Waals surface area contributed by atoms with Gasteiger partial charge in [-0.15, -0.1) is 0 Å². The Balaban J connectivity index is 1.92. The zero-order valence-corrected chi connectivity index (χ0v) is 16.4. The Morgan fingerprint density at radius 3 is 2.25 bits per heavy atom. The van der Waals surface area contributed by atoms with Crippen LogP contribution in [0.5, 0.6) is 11.5 Å². The smallest absolute Gasteiger partial charge is 0.280 e. The fourth-order valence-corrected chi connectivity index (χ4v) is 3.26. The molecule has 28 heavy (non-hydrogen) atoms. The van der Waals surface area contributed by atoms with Gasteiger partial charge in [0.25, 0.3) is 5.91 Å². The van der Waals surface area contributed by atoms with Crippen LogP contribution in [0.2, 0.25) is 0 Å². The standard InChI is InChI=1S/C19H19N3O5S/c1-12-16(10-13-4-9-17(26-2)18(11-13)27-3)19(23)22(21-12)14-5-7-15(8-6-14)28(20,24)25/h4-11H,1-3H3,(H2,20,24,25)/b16-10-. The minimum absolute atomic E-state index is 0.0373. The van der Waals surface area contributed by atoms with Crippen LogP contribution < -0.4 is 19.6 Å². The van der Waals surface area contributed by atoms with Gasteiger partial charge in [-0.1, -0.05) is 6.07 Å². The van der Waals surface area contributed by atoms with E-state index in [4.69, 9.17) is 14.6 Å². The summed E-state index contributed by atoms with van der Waals surface area (Å²) in [7, 11) is -0.719. The van der Waals surface area contributed by atoms with Crippen molar-refractivity contribution >= 4 is 33.4 Å². The van der Waals surface area contributed by atoms with Crippen LogP contribution in [0.15, 0.2) is 58.0 Å². The molecule has 1 amide bonds. The summed E-state index contributed by atoms with van der Waals surface area (Å²) in [5.74, 6) is 0.812. The van der Waals surface area contributed by atoms with E-state index in [1.165, 1.54) is 36.4 Å². The van der Waals surface area contributed by atoms with Crippen molar-refractivity contribution in [1.29, 1.82) is 0 Å². The zero-order valence-electron chi connectivity index (χ0n) is 15.5. The largest absolute Gasteiger partial charge is 0.493 e. The molecule has 0 atom stereocenters. The Bertz CT molecular complexity index is 1090. The van der Waals surface area contributed by atoms with Crippen molar-refractivity contribution in [2.24, 2.45) is 10.2 Å². The number of hydrogen-bond donors (Lipinski definition) is 1. The SMILES string of the molecule is COc1ccc(/C=C2\C(=O)N(c3ccc(S(N)(=O)=O)cc3)N=C2C)cc1OC. The number of hydrazone groups is 1. The molecule has 2 N–H and O–H groups in total. The van der Waals surface area contributed by atoms with Crippen molar-refractivity contribution in [3.8, 4) is 11.5 Å². The molecule has 0 spiro atoms. The molecule has 0 radical (unpaired) electrons. The molecule has 3 rings (SSSR count). The molecule has 146 valence electrons. The summed E-state index contributed by atoms with van der Waals surface area (Å²) in [4.78, 5) is 12.8. The number of benzene rings is 2. The first-order valence-corrected chi connectivity index (χ1v) is 9.76. The Hall–Kier alpha value is -3.17. The number of primary sulfonamides is 1. The maximum absolute atomic E-state index is 12.8. The third kappa shape index (κ3) is 3.75. The van der Waals surface area contributed by atoms with E-state index >= 15 is 0 Å². The minimum Gasteiger partial charge on any atom is -0.493 e. The zero-order chi connectivity index (χ0) is 20.5. The number of amides is 1. The molecular formula is C19H19N3O5S. The van der Waals surface area contributed by atoms with Crippen LogP contribution >= 0.6 is 0 Å². The quantitative estimate of drug-likeness (QED) is 0.772. The molecule has 9 heteroatoms. The Labute approximate surface area is 162 Å². The summed E-state index contributed by atoms with van der Waals surface area (Å²) in [6.45, 7) is 1.73. The average molecular weight is 401 g/mol. The molecule has 8 nitrogen and oxygen atoms in total. The number of rotatable bonds is 5. The Morgan fingerprint density at radius 1 is 1.04 bits per heavy atom. The number of methoxy groups -OCH3 is 2. The molecule has 1 aliphatic rings. The van der Waals surface area contributed by atoms with E-state index in [1.807, 2.05) is 0 Å². The number of carbonyl (C=O) groups excluding carboxylic acids is 1. The summed E-state index contributed by atoms with van der Waals surface area (Å²) in [5, 5.41) is 10.6. The molecule has 0 fully saturated rings. The number of nitrogens with two attached hydrogens (primary N) is 1. The third-order valence-electron chi connectivity index (χ3n) is 4.19. The molecule has 2 aromatic rings. The highest BCUT2D eigenvalue weighted by Crippen LogP contribution is 2.30. The van der Waals surface area contributed by atoms with Crippen molar-refractivity contribution in [2.45, 2.75) is 11.8 Å². The van der Waals surface area contributed by atoms with Crippen molar-refractivity contribution in [2.75, 3.05) is 19.2 Å². The monoisotopic (exact) mass is 401 g/mol. The predicted octanol–water partition coefficient (Wildman–Crippen LogP) is 2.16. The summed E-state index contributed by atoms with van der Waals surface area (Å²) >= 11 is 0. The van der Waals surface area contributed by atoms with Gasteiger partial charge in [-0.2, -0.15) is 10.1 Å². The topological polar surface area (TPSA) is 111 Å². The predicted molar refractivity (Wildman–Crippen MR) is 106 cm³/mol. The number of sulfonamides is 1. The van der Waals surface area contributed by atoms with Gasteiger partial charge in [0, 0.05) is 0 Å². The maximum Gasteiger partial charge on any atom is 0.280 e. The van der Waals surface area contributed by atoms with Crippen LogP contribution in [0.4, 0.5) is 5.69 Å². The van der Waals surface area contributed by atoms with Crippen molar-refractivity contribution in [3.63, 3.8) is 0 Å². The minimum atomic E-state index is -3.80. The van der Waals surface area contributed by atoms with E-state index in [9.17, 15) is 13.2 Å². The number of nitrogens with zero attached hydrogens (tertiary/aromatic N) is 2. The van der Waals surface area contributed by atoms with Gasteiger partial charge in [0.05, 0.1) is 36.1 Å². The van der Waals surface area contributed by atoms with Gasteiger partial charge in [-0.05, 0) is 55.0 Å². The second kappa shape index (κ2) is 7.45. The van der Waals surface area contributed by atoms with Gasteiger partial charge < -0.3 is 9.47 Å². The molecule has 2 aromatic carbocycles. The number of ether oxygens (including phenoxy) is 2. The summed E-state index contributed by atoms with van der Waals surface area (Å²) < 4.78 is 33.3. The summed E-state index contributed by atoms with van der Waals surface area (Å²) in [6, 6.07) is 10.9. The molecule has 1 heterocycles. The van der Waals surface area contributed by atoms with Crippen molar-refractivity contribution in [3.05, 3.63) is 53.6 Å². The van der Waals surface area contributed by atoms with Gasteiger partial charge in [0.1, 0.15) is 0 Å². The first kappa shape index (κ1) is 19.6. The number of carbonyl (C=O) groups is 1. The molecule has 0 aromatic heterocycles. The third-order valence-corrected chi connectivity index (χ3v) is 5.12. The maximum atomic E-state index is 12.8. The first-order chi connectivity index (χ1) is 13.2. The lowest BCUT2D eigenvalue weighted by atomic mass is 10.1. The van der Waals surface area contributed by atoms with Crippen LogP contribution in [0.25, 0.3) is 6.08 Å². The van der Waals surface area contributed by atoms with Crippen LogP contribution in [-0.4, -0.2) is 34.3 Å². The molecular weight excluding hydrogens is 382 g/mol. The van der Waals surface area contributed by atoms with E-state index in [2.05, 4.69) is 5.10 Å². The Morgan fingerprint density at radius 2 is 1.68 bits per heavy atom. The lowest BCUT2D eigenvalue weighted by molar-refractivity contribution is -0.114. The van der Waals surface area contributed by atoms with Crippen molar-refractivity contribution in [1.82, 2.24) is 0 Å². The number of anilines is 1. The van der Waals surface area contributed by atoms with E-state index < -0.39 is 10.0 Å². The van der Waals surface area contributed by atoms with Crippen LogP contribution in [0.3, 0.4) is 0 Å². The van der Waals surface area contributed by atoms with E-state index in [-0.39, 0.29) is 10.8 Å². The highest BCUT2D eigenvalue weighted by molar-refractivity contribution is 7.89. The van der Waals surface area contributed by atoms with Crippen LogP contribution in [0, 0.1) is 0 Å². The van der Waals surface area contributed by atoms with Gasteiger partial charge in [0.15, 0.2) is 11.5 Å². The highest BCUT2D eigenvalue weighted by atomic mass is 32.2. The number of hydrogen-bond acceptors (Lipinski definition) is 6. The van der Waals surface area contributed by atoms with E-state index in [1.54, 1.807) is 38.3 Å². The summed E-state index contributed by atoms with van der Waals surface area (Å²) in [6.07, 6.45) is 1.71. The second-order valence-electron chi connectivity index (χ2n) is 6.01. The molecule has 1 aliphatic heterocycles. The van der Waals surface area contributed by atoms with Gasteiger partial charge in [-0.3, -0.25) is 4.79 Å². The summed E-state index contributed by atoms with van der Waals surface area (Å²) in [5.41, 5.74) is 2.15. The normalized spacial score (nSPS) is 15.7. The van der Waals surface area contributed by atoms with E-state index in [0.29, 0.717) is 28.5 Å². The fourth-order valence-electron chi connectivity index (χ4n) is 2.75.